The summed E-state index contributed by atoms with van der Waals surface area (Å²) in [6.07, 6.45) is 2.60. The van der Waals surface area contributed by atoms with Crippen LogP contribution in [0.5, 0.6) is 23.0 Å². The first-order valence-corrected chi connectivity index (χ1v) is 18.3. The van der Waals surface area contributed by atoms with Crippen LogP contribution in [0.1, 0.15) is 26.3 Å². The number of hydrogen-bond acceptors (Lipinski definition) is 9. The fourth-order valence-corrected chi connectivity index (χ4v) is 6.44. The Morgan fingerprint density at radius 2 is 1.64 bits per heavy atom. The molecule has 260 valence electrons. The molecule has 0 fully saturated rings. The number of rotatable bonds is 11. The summed E-state index contributed by atoms with van der Waals surface area (Å²) in [7, 11) is -3.49. The molecule has 1 unspecified atom stereocenters. The van der Waals surface area contributed by atoms with E-state index in [0.29, 0.717) is 39.5 Å². The van der Waals surface area contributed by atoms with E-state index in [1.165, 1.54) is 25.2 Å². The molecule has 15 heteroatoms. The van der Waals surface area contributed by atoms with Gasteiger partial charge in [0.2, 0.25) is 10.0 Å². The van der Waals surface area contributed by atoms with E-state index in [0.717, 1.165) is 11.8 Å². The molecule has 5 aromatic rings. The molecule has 2 amide bonds. The summed E-state index contributed by atoms with van der Waals surface area (Å²) in [6, 6.07) is 21.4. The number of fused-ring (bicyclic) bond motifs is 1. The van der Waals surface area contributed by atoms with Crippen molar-refractivity contribution in [2.24, 2.45) is 5.73 Å². The van der Waals surface area contributed by atoms with Crippen LogP contribution in [0.3, 0.4) is 0 Å². The number of sulfonamides is 1. The minimum absolute atomic E-state index is 0.112. The van der Waals surface area contributed by atoms with Crippen LogP contribution >= 0.6 is 8.03 Å². The molecule has 0 radical (unpaired) electrons. The van der Waals surface area contributed by atoms with Gasteiger partial charge in [-0.3, -0.25) is 9.62 Å². The third kappa shape index (κ3) is 7.89. The van der Waals surface area contributed by atoms with Crippen molar-refractivity contribution in [2.75, 3.05) is 35.4 Å². The molecule has 5 N–H and O–H groups in total. The van der Waals surface area contributed by atoms with Crippen LogP contribution in [0.15, 0.2) is 85.1 Å². The van der Waals surface area contributed by atoms with E-state index in [1.807, 2.05) is 45.0 Å². The molecule has 1 aromatic heterocycles. The van der Waals surface area contributed by atoms with Gasteiger partial charge >= 0.3 is 14.1 Å². The minimum atomic E-state index is -3.71. The van der Waals surface area contributed by atoms with Crippen LogP contribution in [0.25, 0.3) is 10.8 Å². The Kier molecular flexibility index (Phi) is 10.2. The van der Waals surface area contributed by atoms with Crippen LogP contribution in [-0.2, 0) is 20.0 Å². The summed E-state index contributed by atoms with van der Waals surface area (Å²) in [6.45, 7) is 5.89. The second-order valence-corrected chi connectivity index (χ2v) is 15.0. The summed E-state index contributed by atoms with van der Waals surface area (Å²) < 4.78 is 56.1. The second kappa shape index (κ2) is 14.2. The van der Waals surface area contributed by atoms with Gasteiger partial charge in [0.25, 0.3) is 5.30 Å². The summed E-state index contributed by atoms with van der Waals surface area (Å²) >= 11 is 0. The van der Waals surface area contributed by atoms with Gasteiger partial charge in [-0.05, 0) is 51.9 Å². The van der Waals surface area contributed by atoms with Crippen molar-refractivity contribution >= 4 is 68.7 Å². The predicted molar refractivity (Wildman–Crippen MR) is 196 cm³/mol. The predicted octanol–water partition coefficient (Wildman–Crippen LogP) is 7.03. The van der Waals surface area contributed by atoms with Crippen molar-refractivity contribution in [3.05, 3.63) is 90.6 Å². The van der Waals surface area contributed by atoms with Gasteiger partial charge in [0.15, 0.2) is 11.5 Å². The summed E-state index contributed by atoms with van der Waals surface area (Å²) in [5.74, 6) is 1.73. The van der Waals surface area contributed by atoms with Crippen molar-refractivity contribution in [1.82, 2.24) is 4.98 Å². The van der Waals surface area contributed by atoms with E-state index in [2.05, 4.69) is 15.0 Å². The van der Waals surface area contributed by atoms with Gasteiger partial charge in [0.05, 0.1) is 37.5 Å². The minimum Gasteiger partial charge on any atom is -0.492 e. The Hall–Kier alpha value is -5.43. The standard InChI is InChI=1S/C35H36N5O8PS/c1-35(2,3)21-17-26(39-50(6,44)45)33(47-5)28(18-21)40(34(36)41)27-12-13-29(25-10-8-7-9-24(25)27)48-23-15-16-37-32(20-23)38-22-11-14-31(49(42)43)30(19-22)46-4/h7-20,39H,1-6H3,(H3-,36,37,38,41,42,43)/p+1. The van der Waals surface area contributed by atoms with Gasteiger partial charge < -0.3 is 25.3 Å². The molecule has 0 aliphatic rings. The van der Waals surface area contributed by atoms with E-state index >= 15 is 0 Å². The van der Waals surface area contributed by atoms with Gasteiger partial charge in [-0.25, -0.2) is 18.2 Å². The van der Waals surface area contributed by atoms with Crippen LogP contribution in [0.4, 0.5) is 33.4 Å². The molecule has 5 rings (SSSR count). The van der Waals surface area contributed by atoms with Crippen molar-refractivity contribution in [1.29, 1.82) is 0 Å². The molecular weight excluding hydrogens is 681 g/mol. The Morgan fingerprint density at radius 3 is 2.26 bits per heavy atom. The average Bonchev–Trinajstić information content (AvgIpc) is 3.04. The Bertz CT molecular complexity index is 2220. The molecule has 50 heavy (non-hydrogen) atoms. The molecule has 13 nitrogen and oxygen atoms in total. The lowest BCUT2D eigenvalue weighted by molar-refractivity contribution is 0.256. The maximum Gasteiger partial charge on any atom is 0.550 e. The van der Waals surface area contributed by atoms with Crippen LogP contribution in [0.2, 0.25) is 0 Å². The molecular formula is C35H37N5O8PS+. The lowest BCUT2D eigenvalue weighted by Crippen LogP contribution is -2.32. The fraction of sp³-hybridized carbons (Fsp3) is 0.200. The van der Waals surface area contributed by atoms with Crippen molar-refractivity contribution in [3.63, 3.8) is 0 Å². The van der Waals surface area contributed by atoms with Gasteiger partial charge in [0.1, 0.15) is 17.3 Å². The summed E-state index contributed by atoms with van der Waals surface area (Å²) in [5, 5.41) is 4.59. The van der Waals surface area contributed by atoms with Crippen LogP contribution in [0, 0.1) is 0 Å². The zero-order chi connectivity index (χ0) is 36.4. The molecule has 0 aliphatic heterocycles. The molecule has 0 bridgehead atoms. The van der Waals surface area contributed by atoms with Crippen molar-refractivity contribution < 1.29 is 36.9 Å². The molecule has 1 heterocycles. The van der Waals surface area contributed by atoms with Gasteiger partial charge in [-0.1, -0.05) is 45.0 Å². The highest BCUT2D eigenvalue weighted by Gasteiger charge is 2.28. The molecule has 4 aromatic carbocycles. The first kappa shape index (κ1) is 35.9. The highest BCUT2D eigenvalue weighted by molar-refractivity contribution is 7.92. The smallest absolute Gasteiger partial charge is 0.492 e. The zero-order valence-electron chi connectivity index (χ0n) is 28.2. The first-order chi connectivity index (χ1) is 23.6. The number of aromatic nitrogens is 1. The number of amides is 2. The lowest BCUT2D eigenvalue weighted by atomic mass is 9.86. The lowest BCUT2D eigenvalue weighted by Gasteiger charge is -2.29. The summed E-state index contributed by atoms with van der Waals surface area (Å²) in [5.41, 5.74) is 7.74. The van der Waals surface area contributed by atoms with E-state index in [4.69, 9.17) is 19.9 Å². The van der Waals surface area contributed by atoms with Crippen LogP contribution in [-0.4, -0.2) is 44.8 Å². The number of ether oxygens (including phenoxy) is 3. The molecule has 0 saturated heterocycles. The summed E-state index contributed by atoms with van der Waals surface area (Å²) in [4.78, 5) is 28.5. The van der Waals surface area contributed by atoms with Gasteiger partial charge in [-0.15, -0.1) is 0 Å². The van der Waals surface area contributed by atoms with E-state index in [-0.39, 0.29) is 28.2 Å². The van der Waals surface area contributed by atoms with Crippen molar-refractivity contribution in [2.45, 2.75) is 26.2 Å². The number of nitrogens with zero attached hydrogens (tertiary/aromatic N) is 2. The molecule has 0 spiro atoms. The van der Waals surface area contributed by atoms with Gasteiger partial charge in [-0.2, -0.15) is 4.89 Å². The number of primary amides is 1. The average molecular weight is 719 g/mol. The Labute approximate surface area is 290 Å². The van der Waals surface area contributed by atoms with E-state index in [9.17, 15) is 22.7 Å². The van der Waals surface area contributed by atoms with Crippen molar-refractivity contribution in [3.8, 4) is 23.0 Å². The molecule has 0 saturated carbocycles. The van der Waals surface area contributed by atoms with E-state index < -0.39 is 29.5 Å². The fourth-order valence-electron chi connectivity index (χ4n) is 5.34. The zero-order valence-corrected chi connectivity index (χ0v) is 29.9. The van der Waals surface area contributed by atoms with Crippen LogP contribution < -0.4 is 40.2 Å². The first-order valence-electron chi connectivity index (χ1n) is 15.2. The molecule has 0 aliphatic carbocycles. The quantitative estimate of drug-likeness (QED) is 0.103. The Balaban J connectivity index is 1.56. The Morgan fingerprint density at radius 1 is 0.920 bits per heavy atom. The number of carbonyl (C=O) groups excluding carboxylic acids is 1. The number of nitrogens with two attached hydrogens (primary N) is 1. The number of hydrogen-bond donors (Lipinski definition) is 4. The topological polar surface area (TPSA) is 182 Å². The maximum absolute atomic E-state index is 13.3. The third-order valence-electron chi connectivity index (χ3n) is 7.62. The number of benzene rings is 4. The normalized spacial score (nSPS) is 11.9. The largest absolute Gasteiger partial charge is 0.550 e. The number of carbonyl (C=O) groups is 1. The molecule has 1 atom stereocenters. The number of pyridine rings is 1. The highest BCUT2D eigenvalue weighted by Crippen LogP contribution is 2.46. The van der Waals surface area contributed by atoms with Gasteiger partial charge in [0, 0.05) is 40.9 Å². The number of urea groups is 1. The van der Waals surface area contributed by atoms with E-state index in [1.54, 1.807) is 54.7 Å². The highest BCUT2D eigenvalue weighted by atomic mass is 32.2. The number of nitrogens with one attached hydrogen (secondary N) is 2. The number of anilines is 5. The number of methoxy groups -OCH3 is 2. The SMILES string of the molecule is COc1cc(Nc2cc(Oc3ccc(N(C(N)=O)c4cc(C(C)(C)C)cc(NS(C)(=O)=O)c4OC)c4ccccc34)ccn2)ccc1[P+](=O)O. The maximum atomic E-state index is 13.3. The second-order valence-electron chi connectivity index (χ2n) is 12.3. The monoisotopic (exact) mass is 718 g/mol. The third-order valence-corrected chi connectivity index (χ3v) is 8.99.